The number of amides is 1. The van der Waals surface area contributed by atoms with E-state index in [1.54, 1.807) is 37.4 Å². The third kappa shape index (κ3) is 7.18. The summed E-state index contributed by atoms with van der Waals surface area (Å²) in [5, 5.41) is 8.70. The van der Waals surface area contributed by atoms with Crippen LogP contribution in [0.15, 0.2) is 83.1 Å². The minimum absolute atomic E-state index is 0.172. The fourth-order valence-electron chi connectivity index (χ4n) is 3.85. The van der Waals surface area contributed by atoms with Crippen molar-refractivity contribution in [1.82, 2.24) is 9.71 Å². The molecule has 1 aromatic heterocycles. The Bertz CT molecular complexity index is 1470. The summed E-state index contributed by atoms with van der Waals surface area (Å²) in [6.45, 7) is 0.318. The largest absolute Gasteiger partial charge is 0.495 e. The van der Waals surface area contributed by atoms with Crippen LogP contribution in [-0.2, 0) is 27.7 Å². The van der Waals surface area contributed by atoms with Crippen molar-refractivity contribution in [2.24, 2.45) is 0 Å². The molecule has 1 amide bonds. The van der Waals surface area contributed by atoms with E-state index in [1.807, 2.05) is 54.9 Å². The van der Waals surface area contributed by atoms with Crippen LogP contribution in [0, 0.1) is 0 Å². The van der Waals surface area contributed by atoms with Crippen molar-refractivity contribution in [3.63, 3.8) is 0 Å². The fraction of sp³-hybridized carbons (Fsp3) is 0.214. The van der Waals surface area contributed by atoms with Crippen LogP contribution in [0.3, 0.4) is 0 Å². The second kappa shape index (κ2) is 12.7. The van der Waals surface area contributed by atoms with E-state index in [0.717, 1.165) is 27.5 Å². The van der Waals surface area contributed by atoms with Gasteiger partial charge in [-0.15, -0.1) is 11.3 Å². The molecule has 0 fully saturated rings. The molecule has 1 heterocycles. The van der Waals surface area contributed by atoms with E-state index in [-0.39, 0.29) is 17.2 Å². The van der Waals surface area contributed by atoms with Crippen LogP contribution in [0.25, 0.3) is 11.3 Å². The zero-order valence-electron chi connectivity index (χ0n) is 21.2. The summed E-state index contributed by atoms with van der Waals surface area (Å²) >= 11 is 1.50. The maximum atomic E-state index is 12.7. The molecule has 0 aliphatic carbocycles. The van der Waals surface area contributed by atoms with Gasteiger partial charge in [0.15, 0.2) is 5.13 Å². The summed E-state index contributed by atoms with van der Waals surface area (Å²) in [7, 11) is -0.233. The number of carbonyl (C=O) groups is 1. The molecule has 38 heavy (non-hydrogen) atoms. The van der Waals surface area contributed by atoms with Gasteiger partial charge in [0, 0.05) is 31.0 Å². The van der Waals surface area contributed by atoms with Gasteiger partial charge in [0.25, 0.3) is 0 Å². The molecule has 10 heteroatoms. The van der Waals surface area contributed by atoms with Gasteiger partial charge in [0.2, 0.25) is 15.9 Å². The maximum absolute atomic E-state index is 12.7. The first-order valence-electron chi connectivity index (χ1n) is 12.1. The number of sulfonamides is 1. The first-order valence-corrected chi connectivity index (χ1v) is 14.5. The number of hydrogen-bond donors (Lipinski definition) is 3. The highest BCUT2D eigenvalue weighted by atomic mass is 32.2. The Hall–Kier alpha value is -3.73. The van der Waals surface area contributed by atoms with Crippen LogP contribution < -0.4 is 20.1 Å². The predicted molar refractivity (Wildman–Crippen MR) is 152 cm³/mol. The Balaban J connectivity index is 1.32. The molecule has 198 valence electrons. The number of nitrogens with zero attached hydrogens (tertiary/aromatic N) is 1. The van der Waals surface area contributed by atoms with Crippen LogP contribution in [0.2, 0.25) is 0 Å². The summed E-state index contributed by atoms with van der Waals surface area (Å²) < 4.78 is 33.3. The smallest absolute Gasteiger partial charge is 0.240 e. The maximum Gasteiger partial charge on any atom is 0.240 e. The zero-order chi connectivity index (χ0) is 27.0. The van der Waals surface area contributed by atoms with Crippen molar-refractivity contribution in [3.05, 3.63) is 89.3 Å². The van der Waals surface area contributed by atoms with E-state index in [0.29, 0.717) is 30.8 Å². The van der Waals surface area contributed by atoms with Crippen molar-refractivity contribution in [3.8, 4) is 17.0 Å². The highest BCUT2D eigenvalue weighted by Crippen LogP contribution is 2.32. The molecule has 8 nitrogen and oxygen atoms in total. The molecule has 0 atom stereocenters. The Morgan fingerprint density at radius 2 is 1.71 bits per heavy atom. The van der Waals surface area contributed by atoms with Gasteiger partial charge in [-0.25, -0.2) is 18.1 Å². The number of nitrogens with one attached hydrogen (secondary N) is 3. The number of aromatic nitrogens is 1. The van der Waals surface area contributed by atoms with Crippen molar-refractivity contribution < 1.29 is 17.9 Å². The van der Waals surface area contributed by atoms with Crippen molar-refractivity contribution in [2.75, 3.05) is 31.3 Å². The molecule has 0 unspecified atom stereocenters. The summed E-state index contributed by atoms with van der Waals surface area (Å²) in [6, 6.07) is 21.9. The number of aryl methyl sites for hydroxylation is 1. The molecule has 0 bridgehead atoms. The number of carbonyl (C=O) groups excluding carboxylic acids is 1. The second-order valence-corrected chi connectivity index (χ2v) is 11.2. The van der Waals surface area contributed by atoms with Crippen LogP contribution >= 0.6 is 11.3 Å². The third-order valence-corrected chi connectivity index (χ3v) is 8.25. The van der Waals surface area contributed by atoms with Crippen molar-refractivity contribution >= 4 is 38.1 Å². The normalized spacial score (nSPS) is 11.2. The van der Waals surface area contributed by atoms with Crippen LogP contribution in [0.1, 0.15) is 17.5 Å². The highest BCUT2D eigenvalue weighted by Gasteiger charge is 2.14. The number of ether oxygens (including phenoxy) is 1. The minimum atomic E-state index is -3.61. The Kier molecular flexibility index (Phi) is 9.11. The Morgan fingerprint density at radius 1 is 0.974 bits per heavy atom. The Labute approximate surface area is 227 Å². The van der Waals surface area contributed by atoms with Crippen molar-refractivity contribution in [2.45, 2.75) is 24.2 Å². The van der Waals surface area contributed by atoms with Gasteiger partial charge < -0.3 is 15.4 Å². The molecule has 0 radical (unpaired) electrons. The van der Waals surface area contributed by atoms with Crippen molar-refractivity contribution in [1.29, 1.82) is 0 Å². The number of methoxy groups -OCH3 is 1. The first-order chi connectivity index (χ1) is 18.4. The summed E-state index contributed by atoms with van der Waals surface area (Å²) in [6.07, 6.45) is 1.31. The number of anilines is 2. The number of hydrogen-bond acceptors (Lipinski definition) is 7. The molecular formula is C28H30N4O4S2. The topological polar surface area (TPSA) is 109 Å². The van der Waals surface area contributed by atoms with Crippen LogP contribution in [0.5, 0.6) is 5.75 Å². The lowest BCUT2D eigenvalue weighted by molar-refractivity contribution is -0.116. The molecule has 3 aromatic carbocycles. The van der Waals surface area contributed by atoms with E-state index >= 15 is 0 Å². The van der Waals surface area contributed by atoms with Gasteiger partial charge in [-0.3, -0.25) is 4.79 Å². The minimum Gasteiger partial charge on any atom is -0.495 e. The molecule has 0 saturated heterocycles. The van der Waals surface area contributed by atoms with E-state index in [4.69, 9.17) is 4.74 Å². The molecular weight excluding hydrogens is 520 g/mol. The molecule has 0 spiro atoms. The monoisotopic (exact) mass is 550 g/mol. The quantitative estimate of drug-likeness (QED) is 0.230. The fourth-order valence-corrected chi connectivity index (χ4v) is 5.56. The average Bonchev–Trinajstić information content (AvgIpc) is 3.42. The van der Waals surface area contributed by atoms with E-state index in [2.05, 4.69) is 20.3 Å². The summed E-state index contributed by atoms with van der Waals surface area (Å²) in [5.41, 5.74) is 4.18. The molecule has 3 N–H and O–H groups in total. The number of benzene rings is 3. The summed E-state index contributed by atoms with van der Waals surface area (Å²) in [4.78, 5) is 17.4. The van der Waals surface area contributed by atoms with Gasteiger partial charge in [0.1, 0.15) is 5.75 Å². The molecule has 4 aromatic rings. The number of thiazole rings is 1. The Morgan fingerprint density at radius 3 is 2.39 bits per heavy atom. The van der Waals surface area contributed by atoms with Gasteiger partial charge in [-0.05, 0) is 54.3 Å². The molecule has 0 saturated carbocycles. The SMILES string of the molecule is CNc1nc(-c2ccc(OC)c(NC(=O)CCc3ccc(S(=O)(=O)NCCc4ccccc4)cc3)c2)cs1. The van der Waals surface area contributed by atoms with E-state index in [1.165, 1.54) is 11.3 Å². The standard InChI is InChI=1S/C28H30N4O4S2/c1-29-28-32-25(19-37-28)22-11-14-26(36-2)24(18-22)31-27(33)15-10-21-8-12-23(13-9-21)38(34,35)30-17-16-20-6-4-3-5-7-20/h3-9,11-14,18-19,30H,10,15-17H2,1-2H3,(H,29,32)(H,31,33). The molecule has 0 aliphatic heterocycles. The molecule has 0 aliphatic rings. The van der Waals surface area contributed by atoms with Gasteiger partial charge in [-0.2, -0.15) is 0 Å². The van der Waals surface area contributed by atoms with Crippen LogP contribution in [-0.4, -0.2) is 40.0 Å². The van der Waals surface area contributed by atoms with Gasteiger partial charge >= 0.3 is 0 Å². The van der Waals surface area contributed by atoms with Crippen LogP contribution in [0.4, 0.5) is 10.8 Å². The van der Waals surface area contributed by atoms with E-state index in [9.17, 15) is 13.2 Å². The summed E-state index contributed by atoms with van der Waals surface area (Å²) in [5.74, 6) is 0.384. The predicted octanol–water partition coefficient (Wildman–Crippen LogP) is 4.95. The van der Waals surface area contributed by atoms with Gasteiger partial charge in [0.05, 0.1) is 23.4 Å². The molecule has 4 rings (SSSR count). The number of rotatable bonds is 12. The first kappa shape index (κ1) is 27.3. The van der Waals surface area contributed by atoms with Gasteiger partial charge in [-0.1, -0.05) is 42.5 Å². The van der Waals surface area contributed by atoms with E-state index < -0.39 is 10.0 Å². The zero-order valence-corrected chi connectivity index (χ0v) is 22.9. The highest BCUT2D eigenvalue weighted by molar-refractivity contribution is 7.89. The average molecular weight is 551 g/mol. The lowest BCUT2D eigenvalue weighted by Crippen LogP contribution is -2.26. The lowest BCUT2D eigenvalue weighted by Gasteiger charge is -2.12. The lowest BCUT2D eigenvalue weighted by atomic mass is 10.1. The second-order valence-electron chi connectivity index (χ2n) is 8.53. The third-order valence-electron chi connectivity index (χ3n) is 5.91.